The van der Waals surface area contributed by atoms with Crippen LogP contribution in [0.1, 0.15) is 27.6 Å². The van der Waals surface area contributed by atoms with E-state index < -0.39 is 24.2 Å². The Labute approximate surface area is 152 Å². The van der Waals surface area contributed by atoms with Gasteiger partial charge in [0.1, 0.15) is 0 Å². The largest absolute Gasteiger partial charge is 0.452 e. The summed E-state index contributed by atoms with van der Waals surface area (Å²) >= 11 is 0.368. The minimum Gasteiger partial charge on any atom is -0.452 e. The van der Waals surface area contributed by atoms with Crippen molar-refractivity contribution >= 4 is 35.1 Å². The monoisotopic (exact) mass is 379 g/mol. The van der Waals surface area contributed by atoms with Crippen molar-refractivity contribution in [1.82, 2.24) is 0 Å². The van der Waals surface area contributed by atoms with E-state index in [1.807, 2.05) is 0 Å². The third-order valence-corrected chi connectivity index (χ3v) is 3.92. The number of Topliss-reactive ketones (excluding diaryl/α,β-unsaturated/α-hetero) is 1. The minimum absolute atomic E-state index is 0.138. The number of rotatable bonds is 7. The van der Waals surface area contributed by atoms with E-state index in [0.717, 1.165) is 0 Å². The molecule has 0 radical (unpaired) electrons. The predicted octanol–water partition coefficient (Wildman–Crippen LogP) is 4.00. The lowest BCUT2D eigenvalue weighted by atomic mass is 10.1. The lowest BCUT2D eigenvalue weighted by Crippen LogP contribution is -2.21. The van der Waals surface area contributed by atoms with Crippen molar-refractivity contribution in [2.24, 2.45) is 0 Å². The van der Waals surface area contributed by atoms with Crippen molar-refractivity contribution in [2.45, 2.75) is 17.6 Å². The number of esters is 1. The van der Waals surface area contributed by atoms with Crippen LogP contribution < -0.4 is 5.32 Å². The fourth-order valence-electron chi connectivity index (χ4n) is 2.00. The molecule has 26 heavy (non-hydrogen) atoms. The molecule has 0 aromatic heterocycles. The van der Waals surface area contributed by atoms with E-state index in [-0.39, 0.29) is 11.3 Å². The average molecular weight is 379 g/mol. The zero-order chi connectivity index (χ0) is 19.1. The summed E-state index contributed by atoms with van der Waals surface area (Å²) in [7, 11) is 0. The van der Waals surface area contributed by atoms with Crippen molar-refractivity contribution in [1.29, 1.82) is 0 Å². The van der Waals surface area contributed by atoms with Gasteiger partial charge in [-0.15, -0.1) is 0 Å². The summed E-state index contributed by atoms with van der Waals surface area (Å²) in [6.07, 6.45) is 0. The van der Waals surface area contributed by atoms with Gasteiger partial charge in [0.05, 0.1) is 5.56 Å². The lowest BCUT2D eigenvalue weighted by molar-refractivity contribution is -0.119. The van der Waals surface area contributed by atoms with Gasteiger partial charge < -0.3 is 10.1 Å². The summed E-state index contributed by atoms with van der Waals surface area (Å²) in [4.78, 5) is 35.4. The van der Waals surface area contributed by atoms with Gasteiger partial charge in [0, 0.05) is 16.1 Å². The van der Waals surface area contributed by atoms with Gasteiger partial charge in [0.15, 0.2) is 12.4 Å². The summed E-state index contributed by atoms with van der Waals surface area (Å²) < 4.78 is 29.4. The summed E-state index contributed by atoms with van der Waals surface area (Å²) in [5, 5.41) is 2.52. The van der Waals surface area contributed by atoms with Gasteiger partial charge in [-0.25, -0.2) is 4.79 Å². The van der Waals surface area contributed by atoms with Gasteiger partial charge >= 0.3 is 5.97 Å². The molecule has 0 aliphatic heterocycles. The van der Waals surface area contributed by atoms with Gasteiger partial charge in [-0.2, -0.15) is 8.78 Å². The minimum atomic E-state index is -2.54. The second kappa shape index (κ2) is 9.10. The fourth-order valence-corrected chi connectivity index (χ4v) is 2.50. The number of amides is 1. The molecule has 2 aromatic carbocycles. The number of hydrogen-bond donors (Lipinski definition) is 1. The zero-order valence-corrected chi connectivity index (χ0v) is 14.5. The highest BCUT2D eigenvalue weighted by atomic mass is 32.2. The van der Waals surface area contributed by atoms with Crippen LogP contribution in [0, 0.1) is 0 Å². The van der Waals surface area contributed by atoms with Gasteiger partial charge in [-0.05, 0) is 43.3 Å². The van der Waals surface area contributed by atoms with Crippen LogP contribution in [-0.4, -0.2) is 30.0 Å². The molecule has 1 amide bonds. The molecule has 5 nitrogen and oxygen atoms in total. The summed E-state index contributed by atoms with van der Waals surface area (Å²) in [5.74, 6) is -3.99. The molecule has 0 unspecified atom stereocenters. The van der Waals surface area contributed by atoms with Gasteiger partial charge in [0.25, 0.3) is 11.7 Å². The Morgan fingerprint density at radius 2 is 1.77 bits per heavy atom. The molecule has 0 spiro atoms. The van der Waals surface area contributed by atoms with Gasteiger partial charge in [-0.1, -0.05) is 23.9 Å². The highest BCUT2D eigenvalue weighted by Gasteiger charge is 2.12. The third-order valence-electron chi connectivity index (χ3n) is 3.20. The Balaban J connectivity index is 1.87. The second-order valence-corrected chi connectivity index (χ2v) is 6.23. The van der Waals surface area contributed by atoms with Crippen molar-refractivity contribution < 1.29 is 27.9 Å². The molecule has 0 bridgehead atoms. The highest BCUT2D eigenvalue weighted by molar-refractivity contribution is 7.99. The molecule has 0 aliphatic carbocycles. The SMILES string of the molecule is CC(=O)c1cccc(NC(=O)COC(=O)c2ccc(SC(F)F)cc2)c1. The van der Waals surface area contributed by atoms with Crippen LogP contribution in [-0.2, 0) is 9.53 Å². The summed E-state index contributed by atoms with van der Waals surface area (Å²) in [5.41, 5.74) is 1.00. The van der Waals surface area contributed by atoms with Crippen LogP contribution in [0.4, 0.5) is 14.5 Å². The number of alkyl halides is 2. The first-order chi connectivity index (χ1) is 12.3. The number of halogens is 2. The molecule has 0 atom stereocenters. The Kier molecular flexibility index (Phi) is 6.85. The molecule has 0 fully saturated rings. The fraction of sp³-hybridized carbons (Fsp3) is 0.167. The molecule has 0 saturated carbocycles. The molecule has 136 valence electrons. The molecule has 1 N–H and O–H groups in total. The number of carbonyl (C=O) groups is 3. The molecule has 0 saturated heterocycles. The Hall–Kier alpha value is -2.74. The maximum atomic E-state index is 12.2. The van der Waals surface area contributed by atoms with Crippen LogP contribution in [0.5, 0.6) is 0 Å². The zero-order valence-electron chi connectivity index (χ0n) is 13.7. The number of ketones is 1. The molecular weight excluding hydrogens is 364 g/mol. The van der Waals surface area contributed by atoms with Crippen molar-refractivity contribution in [2.75, 3.05) is 11.9 Å². The number of hydrogen-bond acceptors (Lipinski definition) is 5. The van der Waals surface area contributed by atoms with E-state index in [1.165, 1.54) is 37.3 Å². The molecule has 8 heteroatoms. The average Bonchev–Trinajstić information content (AvgIpc) is 2.60. The maximum Gasteiger partial charge on any atom is 0.338 e. The number of carbonyl (C=O) groups excluding carboxylic acids is 3. The van der Waals surface area contributed by atoms with E-state index in [1.54, 1.807) is 18.2 Å². The predicted molar refractivity (Wildman–Crippen MR) is 93.7 cm³/mol. The van der Waals surface area contributed by atoms with Crippen molar-refractivity contribution in [3.63, 3.8) is 0 Å². The first-order valence-electron chi connectivity index (χ1n) is 7.48. The first-order valence-corrected chi connectivity index (χ1v) is 8.36. The quantitative estimate of drug-likeness (QED) is 0.447. The highest BCUT2D eigenvalue weighted by Crippen LogP contribution is 2.25. The van der Waals surface area contributed by atoms with E-state index >= 15 is 0 Å². The Morgan fingerprint density at radius 1 is 1.08 bits per heavy atom. The number of nitrogens with one attached hydrogen (secondary N) is 1. The van der Waals surface area contributed by atoms with Crippen LogP contribution in [0.25, 0.3) is 0 Å². The molecule has 0 heterocycles. The van der Waals surface area contributed by atoms with E-state index in [0.29, 0.717) is 27.9 Å². The standard InChI is InChI=1S/C18H15F2NO4S/c1-11(22)13-3-2-4-14(9-13)21-16(23)10-25-17(24)12-5-7-15(8-6-12)26-18(19)20/h2-9,18H,10H2,1H3,(H,21,23). The summed E-state index contributed by atoms with van der Waals surface area (Å²) in [6, 6.07) is 11.8. The van der Waals surface area contributed by atoms with E-state index in [4.69, 9.17) is 4.74 Å². The summed E-state index contributed by atoms with van der Waals surface area (Å²) in [6.45, 7) is 0.893. The molecular formula is C18H15F2NO4S. The maximum absolute atomic E-state index is 12.2. The first kappa shape index (κ1) is 19.6. The van der Waals surface area contributed by atoms with Crippen LogP contribution in [0.2, 0.25) is 0 Å². The van der Waals surface area contributed by atoms with Crippen LogP contribution >= 0.6 is 11.8 Å². The third kappa shape index (κ3) is 5.96. The van der Waals surface area contributed by atoms with Crippen molar-refractivity contribution in [3.8, 4) is 0 Å². The Bertz CT molecular complexity index is 809. The lowest BCUT2D eigenvalue weighted by Gasteiger charge is -2.08. The number of ether oxygens (including phenoxy) is 1. The number of thioether (sulfide) groups is 1. The van der Waals surface area contributed by atoms with E-state index in [9.17, 15) is 23.2 Å². The smallest absolute Gasteiger partial charge is 0.338 e. The second-order valence-electron chi connectivity index (χ2n) is 5.16. The van der Waals surface area contributed by atoms with Crippen LogP contribution in [0.3, 0.4) is 0 Å². The Morgan fingerprint density at radius 3 is 2.38 bits per heavy atom. The molecule has 2 rings (SSSR count). The number of anilines is 1. The number of benzene rings is 2. The van der Waals surface area contributed by atoms with Gasteiger partial charge in [0.2, 0.25) is 0 Å². The topological polar surface area (TPSA) is 72.5 Å². The normalized spacial score (nSPS) is 10.5. The van der Waals surface area contributed by atoms with Crippen molar-refractivity contribution in [3.05, 3.63) is 59.7 Å². The molecule has 0 aliphatic rings. The van der Waals surface area contributed by atoms with Gasteiger partial charge in [-0.3, -0.25) is 9.59 Å². The van der Waals surface area contributed by atoms with E-state index in [2.05, 4.69) is 5.32 Å². The van der Waals surface area contributed by atoms with Crippen LogP contribution in [0.15, 0.2) is 53.4 Å². The molecule has 2 aromatic rings.